The van der Waals surface area contributed by atoms with E-state index >= 15 is 0 Å². The van der Waals surface area contributed by atoms with Gasteiger partial charge in [-0.05, 0) is 30.7 Å². The number of hydrogen-bond donors (Lipinski definition) is 2. The maximum absolute atomic E-state index is 8.24. The lowest BCUT2D eigenvalue weighted by molar-refractivity contribution is 0.862. The number of aromatic nitrogens is 3. The first-order chi connectivity index (χ1) is 11.6. The molecule has 3 N–H and O–H groups in total. The van der Waals surface area contributed by atoms with Gasteiger partial charge in [-0.1, -0.05) is 48.0 Å². The molecule has 0 atom stereocenters. The van der Waals surface area contributed by atoms with Crippen LogP contribution >= 0.6 is 0 Å². The van der Waals surface area contributed by atoms with E-state index in [1.54, 1.807) is 0 Å². The second kappa shape index (κ2) is 5.38. The summed E-state index contributed by atoms with van der Waals surface area (Å²) in [5.74, 6) is 5.80. The molecule has 0 spiro atoms. The van der Waals surface area contributed by atoms with E-state index in [1.165, 1.54) is 16.6 Å². The van der Waals surface area contributed by atoms with Crippen molar-refractivity contribution in [1.29, 1.82) is 5.41 Å². The van der Waals surface area contributed by atoms with E-state index in [4.69, 9.17) is 11.3 Å². The molecule has 2 aromatic carbocycles. The average molecular weight is 315 g/mol. The Morgan fingerprint density at radius 3 is 2.42 bits per heavy atom. The summed E-state index contributed by atoms with van der Waals surface area (Å²) in [6, 6.07) is 20.4. The number of nitrogen functional groups attached to an aromatic ring is 1. The van der Waals surface area contributed by atoms with E-state index < -0.39 is 0 Å². The summed E-state index contributed by atoms with van der Waals surface area (Å²) in [6.07, 6.45) is 1.48. The Morgan fingerprint density at radius 2 is 1.71 bits per heavy atom. The molecule has 24 heavy (non-hydrogen) atoms. The SMILES string of the molecule is Cc1ccc(-c2cc3c(=N)n(N)cnc3n2-c2ccccc2)cc1. The van der Waals surface area contributed by atoms with E-state index in [2.05, 4.69) is 40.7 Å². The number of hydrogen-bond acceptors (Lipinski definition) is 3. The molecule has 0 amide bonds. The third-order valence-corrected chi connectivity index (χ3v) is 4.15. The van der Waals surface area contributed by atoms with Crippen molar-refractivity contribution in [3.63, 3.8) is 0 Å². The molecule has 5 nitrogen and oxygen atoms in total. The van der Waals surface area contributed by atoms with Gasteiger partial charge in [0.2, 0.25) is 0 Å². The van der Waals surface area contributed by atoms with Crippen LogP contribution < -0.4 is 11.3 Å². The monoisotopic (exact) mass is 315 g/mol. The van der Waals surface area contributed by atoms with Gasteiger partial charge in [0.25, 0.3) is 0 Å². The standard InChI is InChI=1S/C19H17N5/c1-13-7-9-14(10-8-13)17-11-16-18(20)23(21)12-22-19(16)24(17)15-5-3-2-4-6-15/h2-12,20H,21H2,1H3. The molecule has 4 aromatic rings. The maximum atomic E-state index is 8.24. The molecule has 0 unspecified atom stereocenters. The topological polar surface area (TPSA) is 72.6 Å². The maximum Gasteiger partial charge on any atom is 0.156 e. The minimum absolute atomic E-state index is 0.239. The van der Waals surface area contributed by atoms with E-state index in [9.17, 15) is 0 Å². The van der Waals surface area contributed by atoms with Gasteiger partial charge >= 0.3 is 0 Å². The van der Waals surface area contributed by atoms with Crippen molar-refractivity contribution in [2.75, 3.05) is 5.84 Å². The van der Waals surface area contributed by atoms with Gasteiger partial charge in [0.05, 0.1) is 11.1 Å². The minimum atomic E-state index is 0.239. The molecule has 0 bridgehead atoms. The summed E-state index contributed by atoms with van der Waals surface area (Å²) < 4.78 is 3.30. The Balaban J connectivity index is 2.10. The van der Waals surface area contributed by atoms with Gasteiger partial charge in [-0.15, -0.1) is 0 Å². The van der Waals surface area contributed by atoms with Crippen LogP contribution in [0.25, 0.3) is 28.0 Å². The third-order valence-electron chi connectivity index (χ3n) is 4.15. The number of nitrogens with one attached hydrogen (secondary N) is 1. The van der Waals surface area contributed by atoms with Crippen LogP contribution in [-0.4, -0.2) is 14.2 Å². The van der Waals surface area contributed by atoms with Crippen LogP contribution in [0, 0.1) is 12.3 Å². The van der Waals surface area contributed by atoms with Crippen LogP contribution in [0.15, 0.2) is 67.0 Å². The van der Waals surface area contributed by atoms with Crippen molar-refractivity contribution in [3.05, 3.63) is 78.0 Å². The van der Waals surface area contributed by atoms with Gasteiger partial charge in [-0.3, -0.25) is 9.98 Å². The fourth-order valence-electron chi connectivity index (χ4n) is 2.89. The zero-order valence-electron chi connectivity index (χ0n) is 13.3. The number of fused-ring (bicyclic) bond motifs is 1. The van der Waals surface area contributed by atoms with Gasteiger partial charge in [0.15, 0.2) is 11.1 Å². The summed E-state index contributed by atoms with van der Waals surface area (Å²) >= 11 is 0. The fourth-order valence-corrected chi connectivity index (χ4v) is 2.89. The molecule has 0 saturated carbocycles. The van der Waals surface area contributed by atoms with Gasteiger partial charge < -0.3 is 5.84 Å². The lowest BCUT2D eigenvalue weighted by Crippen LogP contribution is -2.27. The largest absolute Gasteiger partial charge is 0.336 e. The molecule has 0 radical (unpaired) electrons. The van der Waals surface area contributed by atoms with Crippen molar-refractivity contribution in [3.8, 4) is 16.9 Å². The van der Waals surface area contributed by atoms with Crippen molar-refractivity contribution in [2.45, 2.75) is 6.92 Å². The molecule has 0 fully saturated rings. The summed E-state index contributed by atoms with van der Waals surface area (Å²) in [7, 11) is 0. The number of aryl methyl sites for hydroxylation is 1. The first kappa shape index (κ1) is 14.3. The van der Waals surface area contributed by atoms with E-state index in [0.29, 0.717) is 0 Å². The highest BCUT2D eigenvalue weighted by atomic mass is 15.3. The van der Waals surface area contributed by atoms with Gasteiger partial charge in [0.1, 0.15) is 6.33 Å². The molecule has 0 aliphatic carbocycles. The highest BCUT2D eigenvalue weighted by Gasteiger charge is 2.15. The molecule has 0 saturated heterocycles. The van der Waals surface area contributed by atoms with Crippen LogP contribution in [0.4, 0.5) is 0 Å². The van der Waals surface area contributed by atoms with Crippen molar-refractivity contribution >= 4 is 11.0 Å². The Bertz CT molecular complexity index is 1070. The van der Waals surface area contributed by atoms with E-state index in [1.807, 2.05) is 36.4 Å². The average Bonchev–Trinajstić information content (AvgIpc) is 3.00. The van der Waals surface area contributed by atoms with Crippen molar-refractivity contribution in [1.82, 2.24) is 14.2 Å². The van der Waals surface area contributed by atoms with Crippen molar-refractivity contribution in [2.24, 2.45) is 0 Å². The molecular weight excluding hydrogens is 298 g/mol. The highest BCUT2D eigenvalue weighted by Crippen LogP contribution is 2.29. The summed E-state index contributed by atoms with van der Waals surface area (Å²) in [5.41, 5.74) is 5.24. The molecule has 2 heterocycles. The van der Waals surface area contributed by atoms with Gasteiger partial charge in [-0.25, -0.2) is 9.66 Å². The first-order valence-corrected chi connectivity index (χ1v) is 7.70. The van der Waals surface area contributed by atoms with E-state index in [-0.39, 0.29) is 5.49 Å². The second-order valence-electron chi connectivity index (χ2n) is 5.80. The fraction of sp³-hybridized carbons (Fsp3) is 0.0526. The highest BCUT2D eigenvalue weighted by molar-refractivity contribution is 5.85. The lowest BCUT2D eigenvalue weighted by Gasteiger charge is -2.11. The third kappa shape index (κ3) is 2.18. The molecule has 0 aliphatic heterocycles. The summed E-state index contributed by atoms with van der Waals surface area (Å²) in [5, 5.41) is 8.96. The van der Waals surface area contributed by atoms with E-state index in [0.717, 1.165) is 28.0 Å². The number of para-hydroxylation sites is 1. The van der Waals surface area contributed by atoms with Crippen LogP contribution in [0.5, 0.6) is 0 Å². The Morgan fingerprint density at radius 1 is 1.00 bits per heavy atom. The zero-order valence-corrected chi connectivity index (χ0v) is 13.3. The molecular formula is C19H17N5. The number of rotatable bonds is 2. The first-order valence-electron chi connectivity index (χ1n) is 7.70. The number of nitrogens with two attached hydrogens (primary N) is 1. The molecule has 4 rings (SSSR count). The van der Waals surface area contributed by atoms with Gasteiger partial charge in [-0.2, -0.15) is 0 Å². The predicted octanol–water partition coefficient (Wildman–Crippen LogP) is 3.00. The second-order valence-corrected chi connectivity index (χ2v) is 5.80. The smallest absolute Gasteiger partial charge is 0.156 e. The number of benzene rings is 2. The van der Waals surface area contributed by atoms with Crippen LogP contribution in [0.3, 0.4) is 0 Å². The number of nitrogens with zero attached hydrogens (tertiary/aromatic N) is 3. The Labute approximate surface area is 139 Å². The molecule has 2 aromatic heterocycles. The van der Waals surface area contributed by atoms with Gasteiger partial charge in [0, 0.05) is 5.69 Å². The Hall–Kier alpha value is -3.34. The normalized spacial score (nSPS) is 11.0. The Kier molecular flexibility index (Phi) is 3.20. The molecule has 0 aliphatic rings. The predicted molar refractivity (Wildman–Crippen MR) is 95.2 cm³/mol. The zero-order chi connectivity index (χ0) is 16.7. The molecule has 118 valence electrons. The quantitative estimate of drug-likeness (QED) is 0.558. The minimum Gasteiger partial charge on any atom is -0.336 e. The summed E-state index contributed by atoms with van der Waals surface area (Å²) in [6.45, 7) is 2.07. The molecule has 5 heteroatoms. The van der Waals surface area contributed by atoms with Crippen LogP contribution in [0.2, 0.25) is 0 Å². The van der Waals surface area contributed by atoms with Crippen LogP contribution in [0.1, 0.15) is 5.56 Å². The summed E-state index contributed by atoms with van der Waals surface area (Å²) in [4.78, 5) is 4.46. The van der Waals surface area contributed by atoms with Crippen molar-refractivity contribution < 1.29 is 0 Å². The van der Waals surface area contributed by atoms with Crippen LogP contribution in [-0.2, 0) is 0 Å². The lowest BCUT2D eigenvalue weighted by atomic mass is 10.1.